The molecule has 1 aromatic heterocycles. The number of benzene rings is 1. The van der Waals surface area contributed by atoms with Gasteiger partial charge < -0.3 is 9.47 Å². The Morgan fingerprint density at radius 1 is 1.42 bits per heavy atom. The molecule has 0 atom stereocenters. The summed E-state index contributed by atoms with van der Waals surface area (Å²) in [5, 5.41) is 0.902. The third-order valence-corrected chi connectivity index (χ3v) is 3.77. The topological polar surface area (TPSA) is 42.3 Å². The van der Waals surface area contributed by atoms with Crippen molar-refractivity contribution >= 4 is 23.1 Å². The lowest BCUT2D eigenvalue weighted by atomic mass is 10.1. The molecule has 0 radical (unpaired) electrons. The van der Waals surface area contributed by atoms with E-state index in [1.807, 2.05) is 40.9 Å². The molecule has 1 aromatic carbocycles. The van der Waals surface area contributed by atoms with Crippen molar-refractivity contribution < 1.29 is 9.59 Å². The molecule has 3 rings (SSSR count). The zero-order chi connectivity index (χ0) is 13.4. The molecule has 4 nitrogen and oxygen atoms in total. The van der Waals surface area contributed by atoms with Gasteiger partial charge in [0.15, 0.2) is 6.29 Å². The van der Waals surface area contributed by atoms with E-state index in [2.05, 4.69) is 0 Å². The third kappa shape index (κ3) is 2.14. The fraction of sp³-hybridized carbons (Fsp3) is 0.333. The number of rotatable bonds is 4. The van der Waals surface area contributed by atoms with Crippen molar-refractivity contribution in [2.75, 3.05) is 7.05 Å². The average molecular weight is 256 g/mol. The number of carbonyl (C=O) groups is 2. The molecule has 0 spiro atoms. The van der Waals surface area contributed by atoms with Crippen molar-refractivity contribution in [1.82, 2.24) is 9.47 Å². The first-order chi connectivity index (χ1) is 9.20. The second-order valence-corrected chi connectivity index (χ2v) is 5.08. The number of amides is 1. The molecule has 1 fully saturated rings. The summed E-state index contributed by atoms with van der Waals surface area (Å²) >= 11 is 0. The summed E-state index contributed by atoms with van der Waals surface area (Å²) in [5.74, 6) is 0.122. The number of carbonyl (C=O) groups excluding carboxylic acids is 2. The van der Waals surface area contributed by atoms with Gasteiger partial charge in [-0.2, -0.15) is 0 Å². The second kappa shape index (κ2) is 4.53. The molecule has 4 heteroatoms. The highest BCUT2D eigenvalue weighted by atomic mass is 16.2. The van der Waals surface area contributed by atoms with Crippen LogP contribution < -0.4 is 0 Å². The van der Waals surface area contributed by atoms with Crippen molar-refractivity contribution in [3.8, 4) is 0 Å². The molecule has 1 aliphatic rings. The summed E-state index contributed by atoms with van der Waals surface area (Å²) in [6.45, 7) is 0.332. The molecule has 1 aliphatic carbocycles. The van der Waals surface area contributed by atoms with E-state index >= 15 is 0 Å². The number of hydrogen-bond donors (Lipinski definition) is 0. The van der Waals surface area contributed by atoms with Gasteiger partial charge in [-0.3, -0.25) is 9.59 Å². The lowest BCUT2D eigenvalue weighted by Gasteiger charge is -2.17. The standard InChI is InChI=1S/C15H16N2O2/c1-16(12-5-6-12)15(19)9-17-8-7-13-11(10-18)3-2-4-14(13)17/h2-4,7-8,10,12H,5-6,9H2,1H3. The van der Waals surface area contributed by atoms with Crippen molar-refractivity contribution in [3.63, 3.8) is 0 Å². The van der Waals surface area contributed by atoms with Crippen LogP contribution >= 0.6 is 0 Å². The second-order valence-electron chi connectivity index (χ2n) is 5.08. The van der Waals surface area contributed by atoms with Gasteiger partial charge in [0.05, 0.1) is 0 Å². The van der Waals surface area contributed by atoms with Crippen LogP contribution in [0.3, 0.4) is 0 Å². The van der Waals surface area contributed by atoms with Gasteiger partial charge in [0.1, 0.15) is 6.54 Å². The van der Waals surface area contributed by atoms with E-state index in [0.717, 1.165) is 30.0 Å². The number of aromatic nitrogens is 1. The monoisotopic (exact) mass is 256 g/mol. The van der Waals surface area contributed by atoms with E-state index in [4.69, 9.17) is 0 Å². The molecule has 1 heterocycles. The van der Waals surface area contributed by atoms with E-state index in [9.17, 15) is 9.59 Å². The molecule has 1 saturated carbocycles. The molecule has 0 aliphatic heterocycles. The first-order valence-electron chi connectivity index (χ1n) is 6.49. The Morgan fingerprint density at radius 2 is 2.21 bits per heavy atom. The first kappa shape index (κ1) is 12.0. The van der Waals surface area contributed by atoms with E-state index in [1.165, 1.54) is 0 Å². The first-order valence-corrected chi connectivity index (χ1v) is 6.49. The minimum absolute atomic E-state index is 0.122. The maximum Gasteiger partial charge on any atom is 0.242 e. The predicted octanol–water partition coefficient (Wildman–Crippen LogP) is 2.07. The number of aldehydes is 1. The minimum atomic E-state index is 0.122. The number of likely N-dealkylation sites (N-methyl/N-ethyl adjacent to an activating group) is 1. The lowest BCUT2D eigenvalue weighted by Crippen LogP contribution is -2.31. The lowest BCUT2D eigenvalue weighted by molar-refractivity contribution is -0.130. The highest BCUT2D eigenvalue weighted by Gasteiger charge is 2.29. The van der Waals surface area contributed by atoms with Gasteiger partial charge >= 0.3 is 0 Å². The van der Waals surface area contributed by atoms with Crippen LogP contribution in [-0.4, -0.2) is 34.7 Å². The van der Waals surface area contributed by atoms with Crippen LogP contribution in [0.25, 0.3) is 10.9 Å². The Bertz CT molecular complexity index is 641. The van der Waals surface area contributed by atoms with E-state index in [0.29, 0.717) is 18.2 Å². The molecule has 0 saturated heterocycles. The SMILES string of the molecule is CN(C(=O)Cn1ccc2c(C=O)cccc21)C1CC1. The smallest absolute Gasteiger partial charge is 0.242 e. The van der Waals surface area contributed by atoms with Crippen LogP contribution in [0.1, 0.15) is 23.2 Å². The quantitative estimate of drug-likeness (QED) is 0.786. The van der Waals surface area contributed by atoms with E-state index < -0.39 is 0 Å². The average Bonchev–Trinajstić information content (AvgIpc) is 3.20. The molecule has 98 valence electrons. The van der Waals surface area contributed by atoms with Crippen molar-refractivity contribution in [3.05, 3.63) is 36.0 Å². The van der Waals surface area contributed by atoms with Crippen LogP contribution in [0.5, 0.6) is 0 Å². The van der Waals surface area contributed by atoms with Gasteiger partial charge in [0.25, 0.3) is 0 Å². The van der Waals surface area contributed by atoms with Gasteiger partial charge in [-0.05, 0) is 25.0 Å². The van der Waals surface area contributed by atoms with Crippen LogP contribution in [0, 0.1) is 0 Å². The van der Waals surface area contributed by atoms with E-state index in [-0.39, 0.29) is 5.91 Å². The summed E-state index contributed by atoms with van der Waals surface area (Å²) in [4.78, 5) is 24.9. The van der Waals surface area contributed by atoms with Gasteiger partial charge in [0.2, 0.25) is 5.91 Å². The summed E-state index contributed by atoms with van der Waals surface area (Å²) in [7, 11) is 1.86. The van der Waals surface area contributed by atoms with Gasteiger partial charge in [0, 0.05) is 35.8 Å². The number of nitrogens with zero attached hydrogens (tertiary/aromatic N) is 2. The Balaban J connectivity index is 1.89. The summed E-state index contributed by atoms with van der Waals surface area (Å²) in [5.41, 5.74) is 1.60. The van der Waals surface area contributed by atoms with Gasteiger partial charge in [-0.25, -0.2) is 0 Å². The minimum Gasteiger partial charge on any atom is -0.341 e. The van der Waals surface area contributed by atoms with Crippen LogP contribution in [0.4, 0.5) is 0 Å². The molecule has 0 N–H and O–H groups in total. The summed E-state index contributed by atoms with van der Waals surface area (Å²) in [6, 6.07) is 7.89. The molecular formula is C15H16N2O2. The van der Waals surface area contributed by atoms with Crippen molar-refractivity contribution in [1.29, 1.82) is 0 Å². The maximum atomic E-state index is 12.1. The maximum absolute atomic E-state index is 12.1. The molecular weight excluding hydrogens is 240 g/mol. The van der Waals surface area contributed by atoms with Crippen LogP contribution in [0.15, 0.2) is 30.5 Å². The zero-order valence-corrected chi connectivity index (χ0v) is 10.9. The Morgan fingerprint density at radius 3 is 2.89 bits per heavy atom. The van der Waals surface area contributed by atoms with Crippen molar-refractivity contribution in [2.24, 2.45) is 0 Å². The van der Waals surface area contributed by atoms with Crippen LogP contribution in [-0.2, 0) is 11.3 Å². The van der Waals surface area contributed by atoms with Gasteiger partial charge in [-0.1, -0.05) is 12.1 Å². The molecule has 2 aromatic rings. The fourth-order valence-electron chi connectivity index (χ4n) is 2.41. The highest BCUT2D eigenvalue weighted by molar-refractivity contribution is 5.97. The van der Waals surface area contributed by atoms with Crippen LogP contribution in [0.2, 0.25) is 0 Å². The summed E-state index contributed by atoms with van der Waals surface area (Å²) in [6.07, 6.45) is 4.95. The van der Waals surface area contributed by atoms with Gasteiger partial charge in [-0.15, -0.1) is 0 Å². The molecule has 0 unspecified atom stereocenters. The highest BCUT2D eigenvalue weighted by Crippen LogP contribution is 2.26. The van der Waals surface area contributed by atoms with E-state index in [1.54, 1.807) is 6.07 Å². The Kier molecular flexibility index (Phi) is 2.85. The molecule has 0 bridgehead atoms. The normalized spacial score (nSPS) is 14.6. The zero-order valence-electron chi connectivity index (χ0n) is 10.9. The molecule has 19 heavy (non-hydrogen) atoms. The third-order valence-electron chi connectivity index (χ3n) is 3.77. The Labute approximate surface area is 111 Å². The molecule has 1 amide bonds. The number of fused-ring (bicyclic) bond motifs is 1. The Hall–Kier alpha value is -2.10. The number of hydrogen-bond acceptors (Lipinski definition) is 2. The fourth-order valence-corrected chi connectivity index (χ4v) is 2.41. The van der Waals surface area contributed by atoms with Crippen molar-refractivity contribution in [2.45, 2.75) is 25.4 Å². The summed E-state index contributed by atoms with van der Waals surface area (Å²) < 4.78 is 1.91. The predicted molar refractivity (Wildman–Crippen MR) is 73.1 cm³/mol. The largest absolute Gasteiger partial charge is 0.341 e.